The molecule has 5 nitrogen and oxygen atoms in total. The van der Waals surface area contributed by atoms with Gasteiger partial charge in [-0.15, -0.1) is 6.58 Å². The predicted octanol–water partition coefficient (Wildman–Crippen LogP) is 2.65. The molecule has 1 N–H and O–H groups in total. The lowest BCUT2D eigenvalue weighted by molar-refractivity contribution is -0.122. The van der Waals surface area contributed by atoms with Crippen molar-refractivity contribution in [2.24, 2.45) is 5.92 Å². The fourth-order valence-corrected chi connectivity index (χ4v) is 3.26. The normalized spacial score (nSPS) is 15.6. The van der Waals surface area contributed by atoms with Crippen molar-refractivity contribution in [2.75, 3.05) is 40.4 Å². The van der Waals surface area contributed by atoms with Gasteiger partial charge in [-0.05, 0) is 62.4 Å². The van der Waals surface area contributed by atoms with Gasteiger partial charge in [-0.2, -0.15) is 0 Å². The third-order valence-corrected chi connectivity index (χ3v) is 4.77. The minimum atomic E-state index is 0.0850. The molecule has 138 valence electrons. The van der Waals surface area contributed by atoms with E-state index in [4.69, 9.17) is 9.47 Å². The first-order chi connectivity index (χ1) is 12.1. The molecule has 1 aliphatic rings. The van der Waals surface area contributed by atoms with Crippen LogP contribution in [0.4, 0.5) is 0 Å². The molecular weight excluding hydrogens is 316 g/mol. The molecule has 0 spiro atoms. The molecule has 0 unspecified atom stereocenters. The Hall–Kier alpha value is -2.01. The number of methoxy groups -OCH3 is 2. The van der Waals surface area contributed by atoms with Gasteiger partial charge in [0.2, 0.25) is 5.91 Å². The molecule has 1 amide bonds. The van der Waals surface area contributed by atoms with Crippen molar-refractivity contribution < 1.29 is 14.3 Å². The predicted molar refractivity (Wildman–Crippen MR) is 100 cm³/mol. The van der Waals surface area contributed by atoms with Gasteiger partial charge in [0.05, 0.1) is 20.8 Å². The molecule has 1 aromatic carbocycles. The number of hydrogen-bond donors (Lipinski definition) is 1. The molecule has 1 heterocycles. The average molecular weight is 346 g/mol. The van der Waals surface area contributed by atoms with Gasteiger partial charge >= 0.3 is 0 Å². The molecule has 0 aliphatic carbocycles. The van der Waals surface area contributed by atoms with Crippen LogP contribution in [0.25, 0.3) is 0 Å². The Morgan fingerprint density at radius 1 is 1.24 bits per heavy atom. The van der Waals surface area contributed by atoms with E-state index in [0.717, 1.165) is 50.3 Å². The Balaban J connectivity index is 1.75. The molecule has 0 radical (unpaired) electrons. The summed E-state index contributed by atoms with van der Waals surface area (Å²) in [5.74, 6) is 2.48. The molecule has 1 fully saturated rings. The van der Waals surface area contributed by atoms with Crippen LogP contribution in [0.3, 0.4) is 0 Å². The van der Waals surface area contributed by atoms with Crippen LogP contribution in [-0.4, -0.2) is 51.2 Å². The van der Waals surface area contributed by atoms with Crippen molar-refractivity contribution >= 4 is 5.91 Å². The van der Waals surface area contributed by atoms with Gasteiger partial charge in [0.15, 0.2) is 0 Å². The van der Waals surface area contributed by atoms with Gasteiger partial charge in [0, 0.05) is 12.6 Å². The highest BCUT2D eigenvalue weighted by atomic mass is 16.5. The van der Waals surface area contributed by atoms with Crippen LogP contribution in [-0.2, 0) is 11.2 Å². The Labute approximate surface area is 151 Å². The van der Waals surface area contributed by atoms with Gasteiger partial charge in [-0.3, -0.25) is 9.69 Å². The summed E-state index contributed by atoms with van der Waals surface area (Å²) in [4.78, 5) is 14.0. The molecule has 0 bridgehead atoms. The Kier molecular flexibility index (Phi) is 7.79. The highest BCUT2D eigenvalue weighted by Gasteiger charge is 2.20. The first kappa shape index (κ1) is 19.3. The minimum Gasteiger partial charge on any atom is -0.497 e. The maximum atomic E-state index is 11.8. The van der Waals surface area contributed by atoms with Crippen molar-refractivity contribution in [1.82, 2.24) is 10.2 Å². The summed E-state index contributed by atoms with van der Waals surface area (Å²) >= 11 is 0. The zero-order valence-corrected chi connectivity index (χ0v) is 15.4. The minimum absolute atomic E-state index is 0.0850. The molecular formula is C20H30N2O3. The maximum absolute atomic E-state index is 11.8. The van der Waals surface area contributed by atoms with Crippen LogP contribution in [0.1, 0.15) is 24.8 Å². The maximum Gasteiger partial charge on any atom is 0.234 e. The Morgan fingerprint density at radius 3 is 2.44 bits per heavy atom. The van der Waals surface area contributed by atoms with Gasteiger partial charge in [-0.25, -0.2) is 0 Å². The summed E-state index contributed by atoms with van der Waals surface area (Å²) in [5.41, 5.74) is 1.25. The second-order valence-electron chi connectivity index (χ2n) is 6.57. The largest absolute Gasteiger partial charge is 0.497 e. The number of hydrogen-bond acceptors (Lipinski definition) is 4. The standard InChI is InChI=1S/C20H30N2O3/c1-4-9-21-20(23)15-22-10-7-16(8-11-22)5-6-17-12-18(24-2)14-19(13-17)25-3/h4,12-14,16H,1,5-11,15H2,2-3H3,(H,21,23). The molecule has 0 aromatic heterocycles. The topological polar surface area (TPSA) is 50.8 Å². The van der Waals surface area contributed by atoms with Gasteiger partial charge in [0.25, 0.3) is 0 Å². The second-order valence-corrected chi connectivity index (χ2v) is 6.57. The van der Waals surface area contributed by atoms with Crippen molar-refractivity contribution in [3.8, 4) is 11.5 Å². The molecule has 5 heteroatoms. The lowest BCUT2D eigenvalue weighted by Gasteiger charge is -2.31. The van der Waals surface area contributed by atoms with E-state index < -0.39 is 0 Å². The Bertz CT molecular complexity index is 544. The number of amides is 1. The molecule has 2 rings (SSSR count). The quantitative estimate of drug-likeness (QED) is 0.699. The number of carbonyl (C=O) groups excluding carboxylic acids is 1. The average Bonchev–Trinajstić information content (AvgIpc) is 2.65. The fourth-order valence-electron chi connectivity index (χ4n) is 3.26. The van der Waals surface area contributed by atoms with E-state index in [-0.39, 0.29) is 5.91 Å². The number of aryl methyl sites for hydroxylation is 1. The number of rotatable bonds is 9. The molecule has 0 atom stereocenters. The van der Waals surface area contributed by atoms with E-state index in [1.165, 1.54) is 5.56 Å². The first-order valence-electron chi connectivity index (χ1n) is 8.96. The third kappa shape index (κ3) is 6.42. The SMILES string of the molecule is C=CCNC(=O)CN1CCC(CCc2cc(OC)cc(OC)c2)CC1. The fraction of sp³-hybridized carbons (Fsp3) is 0.550. The summed E-state index contributed by atoms with van der Waals surface area (Å²) < 4.78 is 10.7. The third-order valence-electron chi connectivity index (χ3n) is 4.77. The highest BCUT2D eigenvalue weighted by Crippen LogP contribution is 2.26. The van der Waals surface area contributed by atoms with E-state index in [0.29, 0.717) is 19.0 Å². The van der Waals surface area contributed by atoms with E-state index in [9.17, 15) is 4.79 Å². The number of likely N-dealkylation sites (tertiary alicyclic amines) is 1. The van der Waals surface area contributed by atoms with Crippen LogP contribution in [0.2, 0.25) is 0 Å². The van der Waals surface area contributed by atoms with Crippen LogP contribution in [0.5, 0.6) is 11.5 Å². The molecule has 0 saturated carbocycles. The molecule has 1 aliphatic heterocycles. The number of carbonyl (C=O) groups is 1. The first-order valence-corrected chi connectivity index (χ1v) is 8.96. The van der Waals surface area contributed by atoms with Gasteiger partial charge < -0.3 is 14.8 Å². The van der Waals surface area contributed by atoms with E-state index in [1.54, 1.807) is 20.3 Å². The summed E-state index contributed by atoms with van der Waals surface area (Å²) in [7, 11) is 3.36. The van der Waals surface area contributed by atoms with E-state index >= 15 is 0 Å². The zero-order valence-electron chi connectivity index (χ0n) is 15.4. The highest BCUT2D eigenvalue weighted by molar-refractivity contribution is 5.78. The number of piperidine rings is 1. The lowest BCUT2D eigenvalue weighted by Crippen LogP contribution is -2.41. The lowest BCUT2D eigenvalue weighted by atomic mass is 9.90. The number of nitrogens with one attached hydrogen (secondary N) is 1. The molecule has 1 aromatic rings. The number of nitrogens with zero attached hydrogens (tertiary/aromatic N) is 1. The van der Waals surface area contributed by atoms with Crippen molar-refractivity contribution in [3.63, 3.8) is 0 Å². The van der Waals surface area contributed by atoms with Crippen LogP contribution in [0, 0.1) is 5.92 Å². The van der Waals surface area contributed by atoms with Crippen LogP contribution < -0.4 is 14.8 Å². The van der Waals surface area contributed by atoms with Gasteiger partial charge in [-0.1, -0.05) is 6.08 Å². The van der Waals surface area contributed by atoms with Gasteiger partial charge in [0.1, 0.15) is 11.5 Å². The van der Waals surface area contributed by atoms with Crippen molar-refractivity contribution in [1.29, 1.82) is 0 Å². The summed E-state index contributed by atoms with van der Waals surface area (Å²) in [6, 6.07) is 6.07. The monoisotopic (exact) mass is 346 g/mol. The number of ether oxygens (including phenoxy) is 2. The summed E-state index contributed by atoms with van der Waals surface area (Å²) in [5, 5.41) is 2.84. The summed E-state index contributed by atoms with van der Waals surface area (Å²) in [6.45, 7) is 6.63. The summed E-state index contributed by atoms with van der Waals surface area (Å²) in [6.07, 6.45) is 6.19. The van der Waals surface area contributed by atoms with E-state index in [2.05, 4.69) is 28.9 Å². The zero-order chi connectivity index (χ0) is 18.1. The second kappa shape index (κ2) is 10.1. The smallest absolute Gasteiger partial charge is 0.234 e. The van der Waals surface area contributed by atoms with Crippen molar-refractivity contribution in [3.05, 3.63) is 36.4 Å². The van der Waals surface area contributed by atoms with Crippen LogP contribution in [0.15, 0.2) is 30.9 Å². The number of benzene rings is 1. The van der Waals surface area contributed by atoms with E-state index in [1.807, 2.05) is 6.07 Å². The van der Waals surface area contributed by atoms with Crippen molar-refractivity contribution in [2.45, 2.75) is 25.7 Å². The Morgan fingerprint density at radius 2 is 1.88 bits per heavy atom. The molecule has 1 saturated heterocycles. The molecule has 25 heavy (non-hydrogen) atoms. The van der Waals surface area contributed by atoms with Crippen LogP contribution >= 0.6 is 0 Å².